The minimum atomic E-state index is -3.37. The Morgan fingerprint density at radius 2 is 2.05 bits per heavy atom. The SMILES string of the molecule is CC(C)NCC1CCCN(S(=O)(=O)NCC2CCCO2)C1. The highest BCUT2D eigenvalue weighted by molar-refractivity contribution is 7.87. The molecule has 0 aromatic rings. The molecule has 6 nitrogen and oxygen atoms in total. The van der Waals surface area contributed by atoms with Crippen LogP contribution in [0.1, 0.15) is 39.5 Å². The lowest BCUT2D eigenvalue weighted by Gasteiger charge is -2.32. The summed E-state index contributed by atoms with van der Waals surface area (Å²) < 4.78 is 34.5. The van der Waals surface area contributed by atoms with Crippen molar-refractivity contribution in [3.05, 3.63) is 0 Å². The Bertz CT molecular complexity index is 408. The second-order valence-electron chi connectivity index (χ2n) is 6.42. The molecule has 2 saturated heterocycles. The van der Waals surface area contributed by atoms with Gasteiger partial charge in [-0.1, -0.05) is 13.8 Å². The molecule has 0 saturated carbocycles. The van der Waals surface area contributed by atoms with E-state index in [1.54, 1.807) is 4.31 Å². The van der Waals surface area contributed by atoms with Gasteiger partial charge in [0.15, 0.2) is 0 Å². The van der Waals surface area contributed by atoms with Crippen molar-refractivity contribution in [2.24, 2.45) is 5.92 Å². The summed E-state index contributed by atoms with van der Waals surface area (Å²) in [5.74, 6) is 0.403. The first-order valence-electron chi connectivity index (χ1n) is 8.07. The first kappa shape index (κ1) is 17.1. The summed E-state index contributed by atoms with van der Waals surface area (Å²) in [6.07, 6.45) is 4.05. The van der Waals surface area contributed by atoms with Gasteiger partial charge in [0.25, 0.3) is 10.2 Å². The molecule has 0 radical (unpaired) electrons. The van der Waals surface area contributed by atoms with Crippen LogP contribution >= 0.6 is 0 Å². The average molecular weight is 319 g/mol. The molecule has 2 fully saturated rings. The van der Waals surface area contributed by atoms with Crippen LogP contribution in [0.5, 0.6) is 0 Å². The summed E-state index contributed by atoms with van der Waals surface area (Å²) in [7, 11) is -3.37. The van der Waals surface area contributed by atoms with Crippen molar-refractivity contribution in [2.75, 3.05) is 32.8 Å². The van der Waals surface area contributed by atoms with E-state index in [0.717, 1.165) is 38.8 Å². The average Bonchev–Trinajstić information content (AvgIpc) is 2.97. The van der Waals surface area contributed by atoms with E-state index in [1.807, 2.05) is 0 Å². The lowest BCUT2D eigenvalue weighted by molar-refractivity contribution is 0.114. The maximum absolute atomic E-state index is 12.4. The molecule has 0 aliphatic carbocycles. The second kappa shape index (κ2) is 7.87. The number of nitrogens with one attached hydrogen (secondary N) is 2. The molecule has 0 amide bonds. The van der Waals surface area contributed by atoms with Crippen LogP contribution in [0.3, 0.4) is 0 Å². The van der Waals surface area contributed by atoms with Crippen LogP contribution in [0.25, 0.3) is 0 Å². The third-order valence-electron chi connectivity index (χ3n) is 4.15. The van der Waals surface area contributed by atoms with Gasteiger partial charge >= 0.3 is 0 Å². The van der Waals surface area contributed by atoms with E-state index in [2.05, 4.69) is 23.9 Å². The zero-order valence-corrected chi connectivity index (χ0v) is 14.0. The van der Waals surface area contributed by atoms with Gasteiger partial charge < -0.3 is 10.1 Å². The molecule has 0 aromatic carbocycles. The van der Waals surface area contributed by atoms with Gasteiger partial charge in [-0.2, -0.15) is 17.4 Å². The van der Waals surface area contributed by atoms with Gasteiger partial charge in [0.2, 0.25) is 0 Å². The topological polar surface area (TPSA) is 70.7 Å². The predicted molar refractivity (Wildman–Crippen MR) is 83.3 cm³/mol. The lowest BCUT2D eigenvalue weighted by Crippen LogP contribution is -2.49. The molecule has 2 aliphatic heterocycles. The third-order valence-corrected chi connectivity index (χ3v) is 5.70. The molecule has 0 spiro atoms. The van der Waals surface area contributed by atoms with Crippen molar-refractivity contribution in [1.29, 1.82) is 0 Å². The largest absolute Gasteiger partial charge is 0.377 e. The van der Waals surface area contributed by atoms with Crippen molar-refractivity contribution >= 4 is 10.2 Å². The van der Waals surface area contributed by atoms with Crippen molar-refractivity contribution in [3.63, 3.8) is 0 Å². The van der Waals surface area contributed by atoms with Gasteiger partial charge in [-0.15, -0.1) is 0 Å². The van der Waals surface area contributed by atoms with Crippen LogP contribution in [0, 0.1) is 5.92 Å². The predicted octanol–water partition coefficient (Wildman–Crippen LogP) is 0.710. The van der Waals surface area contributed by atoms with Gasteiger partial charge in [0, 0.05) is 32.3 Å². The second-order valence-corrected chi connectivity index (χ2v) is 8.17. The molecule has 7 heteroatoms. The van der Waals surface area contributed by atoms with E-state index in [9.17, 15) is 8.42 Å². The monoisotopic (exact) mass is 319 g/mol. The van der Waals surface area contributed by atoms with Gasteiger partial charge in [-0.25, -0.2) is 0 Å². The molecule has 2 N–H and O–H groups in total. The molecular weight excluding hydrogens is 290 g/mol. The quantitative estimate of drug-likeness (QED) is 0.725. The van der Waals surface area contributed by atoms with E-state index in [-0.39, 0.29) is 6.10 Å². The van der Waals surface area contributed by atoms with Crippen molar-refractivity contribution in [2.45, 2.75) is 51.7 Å². The number of piperidine rings is 1. The minimum absolute atomic E-state index is 0.0444. The highest BCUT2D eigenvalue weighted by Crippen LogP contribution is 2.18. The zero-order valence-electron chi connectivity index (χ0n) is 13.2. The fourth-order valence-corrected chi connectivity index (χ4v) is 4.26. The summed E-state index contributed by atoms with van der Waals surface area (Å²) in [6.45, 7) is 7.49. The zero-order chi connectivity index (χ0) is 15.3. The molecular formula is C14H29N3O3S. The Morgan fingerprint density at radius 1 is 1.24 bits per heavy atom. The van der Waals surface area contributed by atoms with Gasteiger partial charge in [0.05, 0.1) is 6.10 Å². The Balaban J connectivity index is 1.80. The van der Waals surface area contributed by atoms with Crippen LogP contribution in [0.2, 0.25) is 0 Å². The Labute approximate surface area is 128 Å². The van der Waals surface area contributed by atoms with E-state index in [0.29, 0.717) is 31.6 Å². The smallest absolute Gasteiger partial charge is 0.279 e. The number of nitrogens with zero attached hydrogens (tertiary/aromatic N) is 1. The van der Waals surface area contributed by atoms with Gasteiger partial charge in [-0.05, 0) is 38.1 Å². The highest BCUT2D eigenvalue weighted by atomic mass is 32.2. The molecule has 21 heavy (non-hydrogen) atoms. The fourth-order valence-electron chi connectivity index (χ4n) is 2.91. The first-order valence-corrected chi connectivity index (χ1v) is 9.51. The molecule has 2 heterocycles. The summed E-state index contributed by atoms with van der Waals surface area (Å²) in [4.78, 5) is 0. The summed E-state index contributed by atoms with van der Waals surface area (Å²) in [5, 5.41) is 3.40. The summed E-state index contributed by atoms with van der Waals surface area (Å²) in [6, 6.07) is 0.439. The van der Waals surface area contributed by atoms with Crippen LogP contribution in [0.15, 0.2) is 0 Å². The third kappa shape index (κ3) is 5.49. The maximum Gasteiger partial charge on any atom is 0.279 e. The standard InChI is InChI=1S/C14H29N3O3S/c1-12(2)15-9-13-5-3-7-17(11-13)21(18,19)16-10-14-6-4-8-20-14/h12-16H,3-11H2,1-2H3. The van der Waals surface area contributed by atoms with Gasteiger partial charge in [0.1, 0.15) is 0 Å². The van der Waals surface area contributed by atoms with Crippen LogP contribution in [-0.4, -0.2) is 57.7 Å². The Kier molecular flexibility index (Phi) is 6.43. The molecule has 2 unspecified atom stereocenters. The number of ether oxygens (including phenoxy) is 1. The van der Waals surface area contributed by atoms with Crippen LogP contribution < -0.4 is 10.0 Å². The minimum Gasteiger partial charge on any atom is -0.377 e. The number of rotatable bonds is 7. The van der Waals surface area contributed by atoms with Crippen LogP contribution in [0.4, 0.5) is 0 Å². The highest BCUT2D eigenvalue weighted by Gasteiger charge is 2.29. The van der Waals surface area contributed by atoms with Crippen molar-refractivity contribution in [1.82, 2.24) is 14.3 Å². The summed E-state index contributed by atoms with van der Waals surface area (Å²) >= 11 is 0. The van der Waals surface area contributed by atoms with Crippen LogP contribution in [-0.2, 0) is 14.9 Å². The molecule has 2 aliphatic rings. The molecule has 2 rings (SSSR count). The number of hydrogen-bond acceptors (Lipinski definition) is 4. The molecule has 0 bridgehead atoms. The summed E-state index contributed by atoms with van der Waals surface area (Å²) in [5.41, 5.74) is 0. The lowest BCUT2D eigenvalue weighted by atomic mass is 9.99. The van der Waals surface area contributed by atoms with E-state index in [4.69, 9.17) is 4.74 Å². The normalized spacial score (nSPS) is 28.3. The Morgan fingerprint density at radius 3 is 2.71 bits per heavy atom. The van der Waals surface area contributed by atoms with Crippen molar-refractivity contribution < 1.29 is 13.2 Å². The Hall–Kier alpha value is -0.210. The van der Waals surface area contributed by atoms with Crippen molar-refractivity contribution in [3.8, 4) is 0 Å². The molecule has 0 aromatic heterocycles. The van der Waals surface area contributed by atoms with E-state index < -0.39 is 10.2 Å². The van der Waals surface area contributed by atoms with Gasteiger partial charge in [-0.3, -0.25) is 0 Å². The van der Waals surface area contributed by atoms with E-state index >= 15 is 0 Å². The first-order chi connectivity index (χ1) is 9.97. The molecule has 124 valence electrons. The fraction of sp³-hybridized carbons (Fsp3) is 1.00. The maximum atomic E-state index is 12.4. The molecule has 2 atom stereocenters. The number of hydrogen-bond donors (Lipinski definition) is 2. The van der Waals surface area contributed by atoms with E-state index in [1.165, 1.54) is 0 Å².